The van der Waals surface area contributed by atoms with E-state index < -0.39 is 11.6 Å². The van der Waals surface area contributed by atoms with Gasteiger partial charge in [-0.15, -0.1) is 0 Å². The monoisotopic (exact) mass is 328 g/mol. The second-order valence-electron chi connectivity index (χ2n) is 5.07. The third kappa shape index (κ3) is 3.57. The lowest BCUT2D eigenvalue weighted by atomic mass is 10.2. The van der Waals surface area contributed by atoms with Crippen molar-refractivity contribution in [3.8, 4) is 11.5 Å². The lowest BCUT2D eigenvalue weighted by molar-refractivity contribution is 0.467. The summed E-state index contributed by atoms with van der Waals surface area (Å²) < 4.78 is 33.5. The lowest BCUT2D eigenvalue weighted by Gasteiger charge is -2.08. The van der Waals surface area contributed by atoms with Crippen LogP contribution in [-0.2, 0) is 0 Å². The van der Waals surface area contributed by atoms with Gasteiger partial charge in [-0.1, -0.05) is 12.1 Å². The molecule has 0 fully saturated rings. The molecule has 0 aliphatic heterocycles. The van der Waals surface area contributed by atoms with Gasteiger partial charge in [0, 0.05) is 23.8 Å². The lowest BCUT2D eigenvalue weighted by Crippen LogP contribution is -1.98. The Bertz CT molecular complexity index is 885. The summed E-state index contributed by atoms with van der Waals surface area (Å²) in [4.78, 5) is 4.05. The van der Waals surface area contributed by atoms with Gasteiger partial charge in [0.25, 0.3) is 0 Å². The van der Waals surface area contributed by atoms with Crippen molar-refractivity contribution in [1.29, 1.82) is 0 Å². The van der Waals surface area contributed by atoms with E-state index in [9.17, 15) is 8.78 Å². The summed E-state index contributed by atoms with van der Waals surface area (Å²) in [7, 11) is 0. The van der Waals surface area contributed by atoms with E-state index in [4.69, 9.17) is 10.5 Å². The van der Waals surface area contributed by atoms with Crippen molar-refractivity contribution >= 4 is 12.2 Å². The number of benzene rings is 2. The zero-order chi connectivity index (χ0) is 17.1. The summed E-state index contributed by atoms with van der Waals surface area (Å²) in [6, 6.07) is 9.97. The minimum atomic E-state index is -0.710. The van der Waals surface area contributed by atoms with Gasteiger partial charge >= 0.3 is 0 Å². The highest BCUT2D eigenvalue weighted by Crippen LogP contribution is 2.25. The fourth-order valence-corrected chi connectivity index (χ4v) is 2.12. The molecule has 0 radical (unpaired) electrons. The van der Waals surface area contributed by atoms with Crippen LogP contribution in [0, 0.1) is 18.6 Å². The molecule has 2 aromatic carbocycles. The molecule has 2 N–H and O–H groups in total. The molecule has 1 aromatic heterocycles. The first-order chi connectivity index (χ1) is 11.5. The van der Waals surface area contributed by atoms with Crippen LogP contribution < -0.4 is 10.5 Å². The first-order valence-corrected chi connectivity index (χ1v) is 7.10. The zero-order valence-electron chi connectivity index (χ0n) is 12.8. The minimum absolute atomic E-state index is 0.0614. The van der Waals surface area contributed by atoms with Gasteiger partial charge in [-0.2, -0.15) is 5.10 Å². The first kappa shape index (κ1) is 15.7. The van der Waals surface area contributed by atoms with Crippen molar-refractivity contribution in [2.75, 3.05) is 5.73 Å². The second-order valence-corrected chi connectivity index (χ2v) is 5.07. The smallest absolute Gasteiger partial charge is 0.221 e. The summed E-state index contributed by atoms with van der Waals surface area (Å²) in [5, 5.41) is 4.21. The molecule has 0 bridgehead atoms. The van der Waals surface area contributed by atoms with E-state index >= 15 is 0 Å². The van der Waals surface area contributed by atoms with Gasteiger partial charge in [-0.05, 0) is 19.1 Å². The number of aryl methyl sites for hydroxylation is 1. The molecular weight excluding hydrogens is 314 g/mol. The number of aromatic nitrogens is 2. The van der Waals surface area contributed by atoms with Gasteiger partial charge in [0.2, 0.25) is 5.95 Å². The van der Waals surface area contributed by atoms with Crippen molar-refractivity contribution in [2.24, 2.45) is 5.10 Å². The summed E-state index contributed by atoms with van der Waals surface area (Å²) in [5.74, 6) is -0.696. The molecule has 122 valence electrons. The van der Waals surface area contributed by atoms with Gasteiger partial charge in [0.05, 0.1) is 18.1 Å². The molecule has 0 spiro atoms. The molecule has 0 amide bonds. The largest absolute Gasteiger partial charge is 0.456 e. The van der Waals surface area contributed by atoms with Gasteiger partial charge < -0.3 is 10.5 Å². The van der Waals surface area contributed by atoms with Crippen molar-refractivity contribution < 1.29 is 13.5 Å². The van der Waals surface area contributed by atoms with Crippen LogP contribution in [0.1, 0.15) is 11.3 Å². The van der Waals surface area contributed by atoms with Crippen LogP contribution in [0.5, 0.6) is 11.5 Å². The molecular formula is C17H14F2N4O. The van der Waals surface area contributed by atoms with Crippen molar-refractivity contribution in [3.63, 3.8) is 0 Å². The number of rotatable bonds is 4. The van der Waals surface area contributed by atoms with E-state index in [1.54, 1.807) is 37.4 Å². The minimum Gasteiger partial charge on any atom is -0.456 e. The Hall–Kier alpha value is -3.22. The Kier molecular flexibility index (Phi) is 4.24. The van der Waals surface area contributed by atoms with Crippen molar-refractivity contribution in [2.45, 2.75) is 6.92 Å². The van der Waals surface area contributed by atoms with E-state index in [0.29, 0.717) is 11.3 Å². The summed E-state index contributed by atoms with van der Waals surface area (Å²) in [5.41, 5.74) is 7.08. The summed E-state index contributed by atoms with van der Waals surface area (Å²) in [6.07, 6.45) is 3.21. The van der Waals surface area contributed by atoms with E-state index in [-0.39, 0.29) is 11.7 Å². The SMILES string of the molecule is Cc1cn(N=Cc2ccccc2Oc2cc(F)cc(F)c2)c(N)n1. The van der Waals surface area contributed by atoms with Crippen LogP contribution in [0.3, 0.4) is 0 Å². The first-order valence-electron chi connectivity index (χ1n) is 7.10. The van der Waals surface area contributed by atoms with Gasteiger partial charge in [0.15, 0.2) is 0 Å². The van der Waals surface area contributed by atoms with Crippen molar-refractivity contribution in [3.05, 3.63) is 71.6 Å². The number of nitrogens with zero attached hydrogens (tertiary/aromatic N) is 3. The fourth-order valence-electron chi connectivity index (χ4n) is 2.12. The molecule has 1 heterocycles. The number of anilines is 1. The Balaban J connectivity index is 1.89. The number of nitrogens with two attached hydrogens (primary N) is 1. The number of imidazole rings is 1. The molecule has 24 heavy (non-hydrogen) atoms. The standard InChI is InChI=1S/C17H14F2N4O/c1-11-10-23(17(20)22-11)21-9-12-4-2-3-5-16(12)24-15-7-13(18)6-14(19)8-15/h2-10H,1H3,(H2,20,22). The quantitative estimate of drug-likeness (QED) is 0.742. The van der Waals surface area contributed by atoms with Crippen LogP contribution in [0.4, 0.5) is 14.7 Å². The Morgan fingerprint density at radius 2 is 1.88 bits per heavy atom. The maximum absolute atomic E-state index is 13.3. The number of para-hydroxylation sites is 1. The summed E-state index contributed by atoms with van der Waals surface area (Å²) >= 11 is 0. The highest BCUT2D eigenvalue weighted by Gasteiger charge is 2.06. The number of ether oxygens (including phenoxy) is 1. The number of hydrogen-bond acceptors (Lipinski definition) is 4. The molecule has 0 saturated heterocycles. The molecule has 3 rings (SSSR count). The number of nitrogen functional groups attached to an aromatic ring is 1. The van der Waals surface area contributed by atoms with E-state index in [1.165, 1.54) is 10.9 Å². The number of halogens is 2. The zero-order valence-corrected chi connectivity index (χ0v) is 12.8. The maximum atomic E-state index is 13.3. The molecule has 0 atom stereocenters. The molecule has 0 unspecified atom stereocenters. The Morgan fingerprint density at radius 1 is 1.17 bits per heavy atom. The van der Waals surface area contributed by atoms with Gasteiger partial charge in [-0.25, -0.2) is 18.4 Å². The molecule has 3 aromatic rings. The van der Waals surface area contributed by atoms with Crippen LogP contribution in [0.15, 0.2) is 53.8 Å². The third-order valence-corrected chi connectivity index (χ3v) is 3.14. The maximum Gasteiger partial charge on any atom is 0.221 e. The second kappa shape index (κ2) is 6.49. The molecule has 0 saturated carbocycles. The van der Waals surface area contributed by atoms with Crippen LogP contribution in [0.2, 0.25) is 0 Å². The van der Waals surface area contributed by atoms with Crippen LogP contribution >= 0.6 is 0 Å². The highest BCUT2D eigenvalue weighted by molar-refractivity contribution is 5.83. The fraction of sp³-hybridized carbons (Fsp3) is 0.0588. The average molecular weight is 328 g/mol. The normalized spacial score (nSPS) is 11.1. The third-order valence-electron chi connectivity index (χ3n) is 3.14. The van der Waals surface area contributed by atoms with Gasteiger partial charge in [0.1, 0.15) is 23.1 Å². The van der Waals surface area contributed by atoms with E-state index in [2.05, 4.69) is 10.1 Å². The Labute approximate surface area is 137 Å². The van der Waals surface area contributed by atoms with Crippen LogP contribution in [-0.4, -0.2) is 15.9 Å². The molecule has 5 nitrogen and oxygen atoms in total. The van der Waals surface area contributed by atoms with E-state index in [1.807, 2.05) is 0 Å². The molecule has 0 aliphatic rings. The average Bonchev–Trinajstić information content (AvgIpc) is 2.83. The van der Waals surface area contributed by atoms with Gasteiger partial charge in [-0.3, -0.25) is 0 Å². The molecule has 0 aliphatic carbocycles. The van der Waals surface area contributed by atoms with E-state index in [0.717, 1.165) is 23.9 Å². The highest BCUT2D eigenvalue weighted by atomic mass is 19.1. The topological polar surface area (TPSA) is 65.4 Å². The van der Waals surface area contributed by atoms with Crippen LogP contribution in [0.25, 0.3) is 0 Å². The predicted octanol–water partition coefficient (Wildman–Crippen LogP) is 3.73. The molecule has 7 heteroatoms. The van der Waals surface area contributed by atoms with Crippen molar-refractivity contribution in [1.82, 2.24) is 9.66 Å². The number of hydrogen-bond donors (Lipinski definition) is 1. The predicted molar refractivity (Wildman–Crippen MR) is 87.2 cm³/mol. The Morgan fingerprint density at radius 3 is 2.54 bits per heavy atom. The summed E-state index contributed by atoms with van der Waals surface area (Å²) in [6.45, 7) is 1.80.